The molecule has 2 aromatic heterocycles. The second kappa shape index (κ2) is 4.24. The van der Waals surface area contributed by atoms with E-state index in [9.17, 15) is 4.79 Å². The third kappa shape index (κ3) is 1.94. The lowest BCUT2D eigenvalue weighted by atomic mass is 10.2. The number of imidazole rings is 1. The molecule has 0 bridgehead atoms. The highest BCUT2D eigenvalue weighted by molar-refractivity contribution is 6.30. The zero-order chi connectivity index (χ0) is 13.6. The molecule has 96 valence electrons. The lowest BCUT2D eigenvalue weighted by Crippen LogP contribution is -2.16. The van der Waals surface area contributed by atoms with Gasteiger partial charge in [-0.2, -0.15) is 0 Å². The highest BCUT2D eigenvalue weighted by Crippen LogP contribution is 2.20. The molecular weight excluding hydrogens is 262 g/mol. The summed E-state index contributed by atoms with van der Waals surface area (Å²) in [5.74, 6) is 0.634. The Kier molecular flexibility index (Phi) is 2.68. The molecule has 0 fully saturated rings. The fourth-order valence-electron chi connectivity index (χ4n) is 2.03. The minimum Gasteiger partial charge on any atom is -0.319 e. The number of aromatic nitrogens is 3. The minimum atomic E-state index is -0.0710. The van der Waals surface area contributed by atoms with E-state index >= 15 is 0 Å². The summed E-state index contributed by atoms with van der Waals surface area (Å²) in [6.07, 6.45) is 1.75. The van der Waals surface area contributed by atoms with Gasteiger partial charge in [-0.25, -0.2) is 4.98 Å². The van der Waals surface area contributed by atoms with Gasteiger partial charge in [-0.3, -0.25) is 9.20 Å². The maximum absolute atomic E-state index is 11.9. The van der Waals surface area contributed by atoms with Gasteiger partial charge in [0.2, 0.25) is 5.78 Å². The predicted molar refractivity (Wildman–Crippen MR) is 75.6 cm³/mol. The van der Waals surface area contributed by atoms with Crippen LogP contribution in [0.1, 0.15) is 5.69 Å². The van der Waals surface area contributed by atoms with Crippen molar-refractivity contribution < 1.29 is 0 Å². The summed E-state index contributed by atoms with van der Waals surface area (Å²) >= 11 is 5.87. The Labute approximate surface area is 114 Å². The number of benzene rings is 1. The van der Waals surface area contributed by atoms with Crippen molar-refractivity contribution >= 4 is 17.4 Å². The molecule has 0 aliphatic carbocycles. The van der Waals surface area contributed by atoms with Crippen molar-refractivity contribution in [1.29, 1.82) is 0 Å². The molecule has 3 aromatic rings. The fraction of sp³-hybridized carbons (Fsp3) is 0.143. The van der Waals surface area contributed by atoms with Gasteiger partial charge in [0.1, 0.15) is 0 Å². The number of nitrogens with zero attached hydrogens (tertiary/aromatic N) is 3. The maximum Gasteiger partial charge on any atom is 0.259 e. The van der Waals surface area contributed by atoms with Crippen molar-refractivity contribution in [2.45, 2.75) is 6.92 Å². The van der Waals surface area contributed by atoms with Crippen LogP contribution < -0.4 is 5.56 Å². The van der Waals surface area contributed by atoms with Gasteiger partial charge < -0.3 is 4.57 Å². The molecule has 0 aliphatic rings. The first-order valence-electron chi connectivity index (χ1n) is 5.88. The monoisotopic (exact) mass is 273 g/mol. The molecule has 0 spiro atoms. The van der Waals surface area contributed by atoms with E-state index in [2.05, 4.69) is 4.98 Å². The van der Waals surface area contributed by atoms with E-state index in [1.165, 1.54) is 0 Å². The zero-order valence-corrected chi connectivity index (χ0v) is 11.3. The quantitative estimate of drug-likeness (QED) is 0.684. The molecule has 0 N–H and O–H groups in total. The van der Waals surface area contributed by atoms with Crippen LogP contribution in [0.5, 0.6) is 0 Å². The van der Waals surface area contributed by atoms with Gasteiger partial charge in [-0.1, -0.05) is 23.7 Å². The molecule has 0 atom stereocenters. The van der Waals surface area contributed by atoms with E-state index in [0.29, 0.717) is 10.8 Å². The molecule has 1 aromatic carbocycles. The topological polar surface area (TPSA) is 39.3 Å². The average Bonchev–Trinajstić information content (AvgIpc) is 2.83. The van der Waals surface area contributed by atoms with E-state index in [4.69, 9.17) is 11.6 Å². The van der Waals surface area contributed by atoms with Crippen LogP contribution in [-0.2, 0) is 7.05 Å². The third-order valence-electron chi connectivity index (χ3n) is 3.23. The normalized spacial score (nSPS) is 11.1. The van der Waals surface area contributed by atoms with Gasteiger partial charge in [-0.15, -0.1) is 0 Å². The van der Waals surface area contributed by atoms with Crippen molar-refractivity contribution in [2.75, 3.05) is 0 Å². The summed E-state index contributed by atoms with van der Waals surface area (Å²) in [5.41, 5.74) is 2.50. The first-order valence-corrected chi connectivity index (χ1v) is 6.26. The lowest BCUT2D eigenvalue weighted by molar-refractivity contribution is 0.828. The Bertz CT molecular complexity index is 815. The van der Waals surface area contributed by atoms with Crippen LogP contribution in [0.4, 0.5) is 0 Å². The highest BCUT2D eigenvalue weighted by Gasteiger charge is 2.09. The Morgan fingerprint density at radius 2 is 1.89 bits per heavy atom. The summed E-state index contributed by atoms with van der Waals surface area (Å²) in [7, 11) is 1.89. The molecule has 5 heteroatoms. The van der Waals surface area contributed by atoms with Crippen LogP contribution in [0.2, 0.25) is 5.02 Å². The van der Waals surface area contributed by atoms with Crippen LogP contribution in [-0.4, -0.2) is 14.0 Å². The Morgan fingerprint density at radius 3 is 2.58 bits per heavy atom. The Balaban J connectivity index is 2.27. The second-order valence-electron chi connectivity index (χ2n) is 4.49. The summed E-state index contributed by atoms with van der Waals surface area (Å²) in [6, 6.07) is 9.00. The van der Waals surface area contributed by atoms with Crippen molar-refractivity contribution in [1.82, 2.24) is 14.0 Å². The third-order valence-corrected chi connectivity index (χ3v) is 3.48. The molecule has 3 rings (SSSR count). The maximum atomic E-state index is 11.9. The van der Waals surface area contributed by atoms with Gasteiger partial charge in [0.05, 0.1) is 5.69 Å². The van der Waals surface area contributed by atoms with Gasteiger partial charge in [0.25, 0.3) is 5.56 Å². The minimum absolute atomic E-state index is 0.0710. The molecular formula is C14H12ClN3O. The van der Waals surface area contributed by atoms with Gasteiger partial charge >= 0.3 is 0 Å². The Morgan fingerprint density at radius 1 is 1.21 bits per heavy atom. The number of fused-ring (bicyclic) bond motifs is 1. The first-order chi connectivity index (χ1) is 9.06. The molecule has 19 heavy (non-hydrogen) atoms. The summed E-state index contributed by atoms with van der Waals surface area (Å²) in [5, 5.41) is 0.679. The number of hydrogen-bond donors (Lipinski definition) is 0. The molecule has 0 saturated heterocycles. The molecule has 0 aliphatic heterocycles. The molecule has 0 saturated carbocycles. The number of halogens is 1. The molecule has 0 unspecified atom stereocenters. The lowest BCUT2D eigenvalue weighted by Gasteiger charge is -2.04. The van der Waals surface area contributed by atoms with E-state index in [-0.39, 0.29) is 5.56 Å². The Hall–Kier alpha value is -2.07. The van der Waals surface area contributed by atoms with Crippen molar-refractivity contribution in [3.8, 4) is 11.3 Å². The van der Waals surface area contributed by atoms with Gasteiger partial charge in [-0.05, 0) is 19.1 Å². The van der Waals surface area contributed by atoms with Gasteiger partial charge in [0, 0.05) is 35.6 Å². The number of rotatable bonds is 1. The average molecular weight is 274 g/mol. The van der Waals surface area contributed by atoms with Crippen LogP contribution in [0.3, 0.4) is 0 Å². The van der Waals surface area contributed by atoms with Crippen LogP contribution in [0.25, 0.3) is 17.0 Å². The SMILES string of the molecule is Cc1cc(=O)n2cc(-c3ccc(Cl)cc3)nc2n1C. The predicted octanol–water partition coefficient (Wildman–Crippen LogP) is 2.66. The zero-order valence-electron chi connectivity index (χ0n) is 10.6. The van der Waals surface area contributed by atoms with Crippen LogP contribution in [0, 0.1) is 6.92 Å². The summed E-state index contributed by atoms with van der Waals surface area (Å²) in [6.45, 7) is 1.89. The van der Waals surface area contributed by atoms with E-state index in [1.54, 1.807) is 16.7 Å². The molecule has 2 heterocycles. The number of hydrogen-bond acceptors (Lipinski definition) is 2. The molecule has 4 nitrogen and oxygen atoms in total. The largest absolute Gasteiger partial charge is 0.319 e. The van der Waals surface area contributed by atoms with Crippen LogP contribution in [0.15, 0.2) is 41.3 Å². The molecule has 0 amide bonds. The summed E-state index contributed by atoms with van der Waals surface area (Å²) < 4.78 is 3.44. The second-order valence-corrected chi connectivity index (χ2v) is 4.92. The van der Waals surface area contributed by atoms with E-state index in [1.807, 2.05) is 42.8 Å². The molecule has 0 radical (unpaired) electrons. The van der Waals surface area contributed by atoms with E-state index in [0.717, 1.165) is 17.0 Å². The van der Waals surface area contributed by atoms with Gasteiger partial charge in [0.15, 0.2) is 0 Å². The van der Waals surface area contributed by atoms with Crippen molar-refractivity contribution in [3.63, 3.8) is 0 Å². The fourth-order valence-corrected chi connectivity index (χ4v) is 2.16. The van der Waals surface area contributed by atoms with Crippen molar-refractivity contribution in [2.24, 2.45) is 7.05 Å². The van der Waals surface area contributed by atoms with E-state index < -0.39 is 0 Å². The van der Waals surface area contributed by atoms with Crippen LogP contribution >= 0.6 is 11.6 Å². The number of aryl methyl sites for hydroxylation is 2. The highest BCUT2D eigenvalue weighted by atomic mass is 35.5. The smallest absolute Gasteiger partial charge is 0.259 e. The van der Waals surface area contributed by atoms with Crippen molar-refractivity contribution in [3.05, 3.63) is 57.6 Å². The standard InChI is InChI=1S/C14H12ClN3O/c1-9-7-13(19)18-8-12(16-14(18)17(9)2)10-3-5-11(15)6-4-10/h3-8H,1-2H3. The summed E-state index contributed by atoms with van der Waals surface area (Å²) in [4.78, 5) is 16.5. The first kappa shape index (κ1) is 12.0.